The van der Waals surface area contributed by atoms with E-state index in [1.165, 1.54) is 37.8 Å². The summed E-state index contributed by atoms with van der Waals surface area (Å²) in [6.07, 6.45) is 5.61. The van der Waals surface area contributed by atoms with E-state index in [9.17, 15) is 0 Å². The summed E-state index contributed by atoms with van der Waals surface area (Å²) >= 11 is 12.3. The number of benzene rings is 1. The lowest BCUT2D eigenvalue weighted by Gasteiger charge is -2.50. The Morgan fingerprint density at radius 1 is 1.00 bits per heavy atom. The van der Waals surface area contributed by atoms with Gasteiger partial charge in [0.05, 0.1) is 10.0 Å². The van der Waals surface area contributed by atoms with Crippen LogP contribution in [0.15, 0.2) is 18.2 Å². The zero-order valence-electron chi connectivity index (χ0n) is 12.3. The van der Waals surface area contributed by atoms with Gasteiger partial charge < -0.3 is 4.90 Å². The van der Waals surface area contributed by atoms with Crippen molar-refractivity contribution in [2.45, 2.75) is 31.6 Å². The molecule has 0 spiro atoms. The van der Waals surface area contributed by atoms with Crippen LogP contribution in [0.1, 0.15) is 37.2 Å². The van der Waals surface area contributed by atoms with Gasteiger partial charge in [0.15, 0.2) is 0 Å². The van der Waals surface area contributed by atoms with E-state index in [4.69, 9.17) is 23.2 Å². The molecule has 20 heavy (non-hydrogen) atoms. The van der Waals surface area contributed by atoms with Crippen molar-refractivity contribution in [1.29, 1.82) is 0 Å². The first-order valence-corrected chi connectivity index (χ1v) is 8.41. The Hall–Kier alpha value is -0.240. The smallest absolute Gasteiger partial charge is 0.0595 e. The molecule has 3 fully saturated rings. The normalized spacial score (nSPS) is 32.9. The Labute approximate surface area is 132 Å². The first-order chi connectivity index (χ1) is 9.56. The second kappa shape index (κ2) is 5.87. The SMILES string of the molecule is CN(C)C[C@H]1C2CCC(CC2)[C@@H]1c1ccc(Cl)c(Cl)c1. The molecule has 3 heteroatoms. The zero-order valence-corrected chi connectivity index (χ0v) is 13.8. The van der Waals surface area contributed by atoms with E-state index in [2.05, 4.69) is 31.1 Å². The fourth-order valence-electron chi connectivity index (χ4n) is 4.50. The molecule has 0 N–H and O–H groups in total. The van der Waals surface area contributed by atoms with Gasteiger partial charge in [0, 0.05) is 6.54 Å². The number of nitrogens with zero attached hydrogens (tertiary/aromatic N) is 1. The first kappa shape index (κ1) is 14.7. The Morgan fingerprint density at radius 3 is 2.25 bits per heavy atom. The predicted octanol–water partition coefficient (Wildman–Crippen LogP) is 5.07. The molecule has 3 saturated carbocycles. The molecule has 0 radical (unpaired) electrons. The Balaban J connectivity index is 1.93. The Bertz CT molecular complexity index is 478. The summed E-state index contributed by atoms with van der Waals surface area (Å²) in [5.41, 5.74) is 1.40. The highest BCUT2D eigenvalue weighted by Gasteiger charge is 2.44. The Kier molecular flexibility index (Phi) is 4.31. The number of fused-ring (bicyclic) bond motifs is 3. The average Bonchev–Trinajstić information content (AvgIpc) is 2.43. The quantitative estimate of drug-likeness (QED) is 0.753. The lowest BCUT2D eigenvalue weighted by atomic mass is 9.57. The maximum atomic E-state index is 6.25. The van der Waals surface area contributed by atoms with E-state index in [-0.39, 0.29) is 0 Å². The van der Waals surface area contributed by atoms with Crippen molar-refractivity contribution < 1.29 is 0 Å². The second-order valence-electron chi connectivity index (χ2n) is 6.80. The van der Waals surface area contributed by atoms with Crippen LogP contribution in [0.2, 0.25) is 10.0 Å². The fourth-order valence-corrected chi connectivity index (χ4v) is 4.80. The van der Waals surface area contributed by atoms with Crippen LogP contribution in [-0.4, -0.2) is 25.5 Å². The summed E-state index contributed by atoms with van der Waals surface area (Å²) in [6, 6.07) is 6.27. The van der Waals surface area contributed by atoms with Crippen LogP contribution in [0.4, 0.5) is 0 Å². The van der Waals surface area contributed by atoms with E-state index in [0.29, 0.717) is 16.0 Å². The largest absolute Gasteiger partial charge is 0.309 e. The van der Waals surface area contributed by atoms with E-state index >= 15 is 0 Å². The van der Waals surface area contributed by atoms with Crippen LogP contribution >= 0.6 is 23.2 Å². The van der Waals surface area contributed by atoms with Crippen LogP contribution in [0.3, 0.4) is 0 Å². The highest BCUT2D eigenvalue weighted by Crippen LogP contribution is 2.53. The Morgan fingerprint density at radius 2 is 1.65 bits per heavy atom. The predicted molar refractivity (Wildman–Crippen MR) is 86.7 cm³/mol. The minimum Gasteiger partial charge on any atom is -0.309 e. The van der Waals surface area contributed by atoms with Crippen molar-refractivity contribution in [3.63, 3.8) is 0 Å². The molecule has 0 aromatic heterocycles. The molecular weight excluding hydrogens is 289 g/mol. The first-order valence-electron chi connectivity index (χ1n) is 7.66. The van der Waals surface area contributed by atoms with Crippen molar-refractivity contribution >= 4 is 23.2 Å². The molecule has 0 aliphatic heterocycles. The van der Waals surface area contributed by atoms with Crippen LogP contribution in [0.5, 0.6) is 0 Å². The second-order valence-corrected chi connectivity index (χ2v) is 7.61. The summed E-state index contributed by atoms with van der Waals surface area (Å²) in [7, 11) is 4.38. The van der Waals surface area contributed by atoms with Gasteiger partial charge in [-0.2, -0.15) is 0 Å². The fraction of sp³-hybridized carbons (Fsp3) is 0.647. The third kappa shape index (κ3) is 2.73. The highest BCUT2D eigenvalue weighted by atomic mass is 35.5. The minimum absolute atomic E-state index is 0.666. The van der Waals surface area contributed by atoms with E-state index in [1.807, 2.05) is 6.07 Å². The van der Waals surface area contributed by atoms with Gasteiger partial charge in [0.25, 0.3) is 0 Å². The maximum Gasteiger partial charge on any atom is 0.0595 e. The van der Waals surface area contributed by atoms with Crippen LogP contribution in [-0.2, 0) is 0 Å². The molecule has 0 heterocycles. The lowest BCUT2D eigenvalue weighted by molar-refractivity contribution is 0.0507. The van der Waals surface area contributed by atoms with Crippen molar-refractivity contribution in [1.82, 2.24) is 4.90 Å². The van der Waals surface area contributed by atoms with Gasteiger partial charge in [0.2, 0.25) is 0 Å². The molecule has 1 nitrogen and oxygen atoms in total. The standard InChI is InChI=1S/C17H23Cl2N/c1-20(2)10-14-11-3-5-12(6-4-11)17(14)13-7-8-15(18)16(19)9-13/h7-9,11-12,14,17H,3-6,10H2,1-2H3/t11?,12?,14-,17+/m0/s1. The molecule has 1 aromatic rings. The molecule has 2 bridgehead atoms. The van der Waals surface area contributed by atoms with E-state index < -0.39 is 0 Å². The zero-order chi connectivity index (χ0) is 14.3. The number of halogens is 2. The molecule has 0 amide bonds. The van der Waals surface area contributed by atoms with Crippen LogP contribution in [0, 0.1) is 17.8 Å². The number of rotatable bonds is 3. The van der Waals surface area contributed by atoms with E-state index in [0.717, 1.165) is 17.8 Å². The molecule has 3 aliphatic carbocycles. The van der Waals surface area contributed by atoms with Gasteiger partial charge in [-0.1, -0.05) is 29.3 Å². The van der Waals surface area contributed by atoms with Crippen molar-refractivity contribution in [2.75, 3.05) is 20.6 Å². The summed E-state index contributed by atoms with van der Waals surface area (Å²) < 4.78 is 0. The third-order valence-electron chi connectivity index (χ3n) is 5.30. The van der Waals surface area contributed by atoms with Gasteiger partial charge in [0.1, 0.15) is 0 Å². The van der Waals surface area contributed by atoms with Crippen LogP contribution < -0.4 is 0 Å². The third-order valence-corrected chi connectivity index (χ3v) is 6.03. The van der Waals surface area contributed by atoms with Gasteiger partial charge in [-0.3, -0.25) is 0 Å². The van der Waals surface area contributed by atoms with Crippen molar-refractivity contribution in [3.8, 4) is 0 Å². The summed E-state index contributed by atoms with van der Waals surface area (Å²) in [5.74, 6) is 3.17. The lowest BCUT2D eigenvalue weighted by Crippen LogP contribution is -2.43. The summed E-state index contributed by atoms with van der Waals surface area (Å²) in [6.45, 7) is 1.19. The molecular formula is C17H23Cl2N. The minimum atomic E-state index is 0.666. The summed E-state index contributed by atoms with van der Waals surface area (Å²) in [4.78, 5) is 2.34. The molecule has 110 valence electrons. The molecule has 0 unspecified atom stereocenters. The molecule has 1 aromatic carbocycles. The van der Waals surface area contributed by atoms with Crippen molar-refractivity contribution in [3.05, 3.63) is 33.8 Å². The van der Waals surface area contributed by atoms with Gasteiger partial charge >= 0.3 is 0 Å². The number of hydrogen-bond acceptors (Lipinski definition) is 1. The molecule has 4 rings (SSSR count). The molecule has 2 atom stereocenters. The van der Waals surface area contributed by atoms with Gasteiger partial charge in [-0.05, 0) is 81.1 Å². The topological polar surface area (TPSA) is 3.24 Å². The highest BCUT2D eigenvalue weighted by molar-refractivity contribution is 6.42. The summed E-state index contributed by atoms with van der Waals surface area (Å²) in [5, 5.41) is 1.37. The van der Waals surface area contributed by atoms with Gasteiger partial charge in [-0.15, -0.1) is 0 Å². The molecule has 3 aliphatic rings. The van der Waals surface area contributed by atoms with Crippen molar-refractivity contribution in [2.24, 2.45) is 17.8 Å². The van der Waals surface area contributed by atoms with Crippen LogP contribution in [0.25, 0.3) is 0 Å². The average molecular weight is 312 g/mol. The monoisotopic (exact) mass is 311 g/mol. The maximum absolute atomic E-state index is 6.25. The number of hydrogen-bond donors (Lipinski definition) is 0. The van der Waals surface area contributed by atoms with Gasteiger partial charge in [-0.25, -0.2) is 0 Å². The van der Waals surface area contributed by atoms with E-state index in [1.54, 1.807) is 0 Å². The molecule has 0 saturated heterocycles.